The van der Waals surface area contributed by atoms with Crippen molar-refractivity contribution in [2.45, 2.75) is 24.6 Å². The Labute approximate surface area is 156 Å². The number of nitrogens with one attached hydrogen (secondary N) is 1. The molecule has 4 rings (SSSR count). The van der Waals surface area contributed by atoms with E-state index in [-0.39, 0.29) is 5.56 Å². The number of hydrogen-bond acceptors (Lipinski definition) is 6. The van der Waals surface area contributed by atoms with Crippen LogP contribution in [0.1, 0.15) is 16.3 Å². The van der Waals surface area contributed by atoms with E-state index in [4.69, 9.17) is 11.6 Å². The van der Waals surface area contributed by atoms with Crippen LogP contribution in [0.5, 0.6) is 0 Å². The molecule has 3 aromatic heterocycles. The molecule has 0 saturated heterocycles. The average Bonchev–Trinajstić information content (AvgIpc) is 2.89. The molecule has 0 spiro atoms. The van der Waals surface area contributed by atoms with Gasteiger partial charge in [-0.15, -0.1) is 11.3 Å². The molecule has 0 radical (unpaired) electrons. The molecule has 25 heavy (non-hydrogen) atoms. The number of benzene rings is 1. The molecule has 126 valence electrons. The summed E-state index contributed by atoms with van der Waals surface area (Å²) in [6.07, 6.45) is 1.58. The SMILES string of the molecule is Cc1sc2ncnc(SCc3nc4ccc(Cl)cc4c(=O)[nH]3)c2c1C. The van der Waals surface area contributed by atoms with Gasteiger partial charge in [-0.1, -0.05) is 23.4 Å². The monoisotopic (exact) mass is 388 g/mol. The van der Waals surface area contributed by atoms with E-state index in [9.17, 15) is 4.79 Å². The van der Waals surface area contributed by atoms with Gasteiger partial charge in [0.1, 0.15) is 22.0 Å². The Morgan fingerprint density at radius 1 is 1.28 bits per heavy atom. The van der Waals surface area contributed by atoms with Crippen LogP contribution in [0.25, 0.3) is 21.1 Å². The number of aromatic amines is 1. The summed E-state index contributed by atoms with van der Waals surface area (Å²) < 4.78 is 0. The first-order valence-corrected chi connectivity index (χ1v) is 9.73. The predicted molar refractivity (Wildman–Crippen MR) is 104 cm³/mol. The third kappa shape index (κ3) is 3.03. The van der Waals surface area contributed by atoms with Gasteiger partial charge in [-0.25, -0.2) is 15.0 Å². The molecule has 0 saturated carbocycles. The second-order valence-corrected chi connectivity index (χ2v) is 8.21. The van der Waals surface area contributed by atoms with Crippen molar-refractivity contribution >= 4 is 55.8 Å². The Hall–Kier alpha value is -1.96. The number of aryl methyl sites for hydroxylation is 2. The van der Waals surface area contributed by atoms with Gasteiger partial charge in [-0.2, -0.15) is 0 Å². The molecule has 0 aliphatic rings. The number of fused-ring (bicyclic) bond motifs is 2. The highest BCUT2D eigenvalue weighted by Crippen LogP contribution is 2.35. The van der Waals surface area contributed by atoms with Crippen LogP contribution in [-0.2, 0) is 5.75 Å². The van der Waals surface area contributed by atoms with Gasteiger partial charge in [0.2, 0.25) is 0 Å². The number of nitrogens with zero attached hydrogens (tertiary/aromatic N) is 3. The number of halogens is 1. The van der Waals surface area contributed by atoms with Crippen molar-refractivity contribution in [3.63, 3.8) is 0 Å². The first kappa shape index (κ1) is 16.5. The summed E-state index contributed by atoms with van der Waals surface area (Å²) in [4.78, 5) is 30.6. The van der Waals surface area contributed by atoms with Gasteiger partial charge in [0, 0.05) is 15.3 Å². The molecule has 0 unspecified atom stereocenters. The fourth-order valence-electron chi connectivity index (χ4n) is 2.62. The maximum Gasteiger partial charge on any atom is 0.258 e. The Morgan fingerprint density at radius 2 is 2.12 bits per heavy atom. The van der Waals surface area contributed by atoms with Crippen molar-refractivity contribution in [2.24, 2.45) is 0 Å². The molecular formula is C17H13ClN4OS2. The van der Waals surface area contributed by atoms with Crippen LogP contribution in [0.2, 0.25) is 5.02 Å². The fourth-order valence-corrected chi connectivity index (χ4v) is 4.78. The van der Waals surface area contributed by atoms with Crippen LogP contribution >= 0.6 is 34.7 Å². The molecule has 0 bridgehead atoms. The summed E-state index contributed by atoms with van der Waals surface area (Å²) in [5, 5.41) is 3.01. The molecule has 4 aromatic rings. The van der Waals surface area contributed by atoms with Gasteiger partial charge >= 0.3 is 0 Å². The third-order valence-electron chi connectivity index (χ3n) is 3.99. The second-order valence-electron chi connectivity index (χ2n) is 5.60. The number of thiophene rings is 1. The largest absolute Gasteiger partial charge is 0.309 e. The van der Waals surface area contributed by atoms with Crippen molar-refractivity contribution < 1.29 is 0 Å². The number of aromatic nitrogens is 4. The van der Waals surface area contributed by atoms with Crippen LogP contribution in [0.3, 0.4) is 0 Å². The minimum absolute atomic E-state index is 0.182. The molecule has 0 amide bonds. The molecule has 0 fully saturated rings. The standard InChI is InChI=1S/C17H13ClN4OS2/c1-8-9(2)25-17-14(8)16(19-7-20-17)24-6-13-21-12-4-3-10(18)5-11(12)15(23)22-13/h3-5,7H,6H2,1-2H3,(H,21,22,23). The van der Waals surface area contributed by atoms with Crippen LogP contribution in [0.4, 0.5) is 0 Å². The quantitative estimate of drug-likeness (QED) is 0.413. The van der Waals surface area contributed by atoms with E-state index in [2.05, 4.69) is 33.8 Å². The third-order valence-corrected chi connectivity index (χ3v) is 6.34. The van der Waals surface area contributed by atoms with Crippen molar-refractivity contribution in [3.05, 3.63) is 56.2 Å². The minimum atomic E-state index is -0.182. The molecule has 5 nitrogen and oxygen atoms in total. The van der Waals surface area contributed by atoms with E-state index >= 15 is 0 Å². The van der Waals surface area contributed by atoms with E-state index in [0.717, 1.165) is 15.2 Å². The van der Waals surface area contributed by atoms with Gasteiger partial charge in [0.25, 0.3) is 5.56 Å². The maximum absolute atomic E-state index is 12.2. The smallest absolute Gasteiger partial charge is 0.258 e. The van der Waals surface area contributed by atoms with Crippen molar-refractivity contribution in [1.82, 2.24) is 19.9 Å². The highest BCUT2D eigenvalue weighted by Gasteiger charge is 2.13. The molecule has 3 heterocycles. The summed E-state index contributed by atoms with van der Waals surface area (Å²) in [5.74, 6) is 1.13. The molecule has 1 N–H and O–H groups in total. The lowest BCUT2D eigenvalue weighted by molar-refractivity contribution is 1.03. The second kappa shape index (κ2) is 6.40. The number of hydrogen-bond donors (Lipinski definition) is 1. The molecular weight excluding hydrogens is 376 g/mol. The maximum atomic E-state index is 12.2. The summed E-state index contributed by atoms with van der Waals surface area (Å²) in [6.45, 7) is 4.17. The lowest BCUT2D eigenvalue weighted by Gasteiger charge is -2.05. The number of rotatable bonds is 3. The van der Waals surface area contributed by atoms with Crippen LogP contribution < -0.4 is 5.56 Å². The van der Waals surface area contributed by atoms with Crippen LogP contribution in [0, 0.1) is 13.8 Å². The molecule has 0 aliphatic carbocycles. The molecule has 0 aliphatic heterocycles. The van der Waals surface area contributed by atoms with Crippen LogP contribution in [-0.4, -0.2) is 19.9 Å². The molecule has 8 heteroatoms. The minimum Gasteiger partial charge on any atom is -0.309 e. The van der Waals surface area contributed by atoms with Crippen molar-refractivity contribution in [2.75, 3.05) is 0 Å². The Bertz CT molecular complexity index is 1170. The Kier molecular flexibility index (Phi) is 4.23. The van der Waals surface area contributed by atoms with E-state index < -0.39 is 0 Å². The summed E-state index contributed by atoms with van der Waals surface area (Å²) >= 11 is 9.16. The van der Waals surface area contributed by atoms with Gasteiger partial charge in [0.05, 0.1) is 16.7 Å². The van der Waals surface area contributed by atoms with Gasteiger partial charge in [-0.3, -0.25) is 4.79 Å². The number of H-pyrrole nitrogens is 1. The first-order chi connectivity index (χ1) is 12.0. The summed E-state index contributed by atoms with van der Waals surface area (Å²) in [7, 11) is 0. The normalized spacial score (nSPS) is 11.5. The fraction of sp³-hybridized carbons (Fsp3) is 0.176. The Morgan fingerprint density at radius 3 is 2.96 bits per heavy atom. The predicted octanol–water partition coefficient (Wildman–Crippen LogP) is 4.49. The van der Waals surface area contributed by atoms with Crippen molar-refractivity contribution in [1.29, 1.82) is 0 Å². The van der Waals surface area contributed by atoms with E-state index in [1.807, 2.05) is 0 Å². The Balaban J connectivity index is 1.69. The zero-order valence-electron chi connectivity index (χ0n) is 13.5. The van der Waals surface area contributed by atoms with E-state index in [1.54, 1.807) is 47.6 Å². The highest BCUT2D eigenvalue weighted by atomic mass is 35.5. The van der Waals surface area contributed by atoms with E-state index in [1.165, 1.54) is 10.4 Å². The highest BCUT2D eigenvalue weighted by molar-refractivity contribution is 7.98. The zero-order chi connectivity index (χ0) is 17.6. The first-order valence-electron chi connectivity index (χ1n) is 7.55. The topological polar surface area (TPSA) is 71.5 Å². The van der Waals surface area contributed by atoms with Gasteiger partial charge in [0.15, 0.2) is 0 Å². The molecule has 0 atom stereocenters. The lowest BCUT2D eigenvalue weighted by Crippen LogP contribution is -2.11. The zero-order valence-corrected chi connectivity index (χ0v) is 15.8. The lowest BCUT2D eigenvalue weighted by atomic mass is 10.2. The van der Waals surface area contributed by atoms with Gasteiger partial charge < -0.3 is 4.98 Å². The molecule has 1 aromatic carbocycles. The van der Waals surface area contributed by atoms with Crippen LogP contribution in [0.15, 0.2) is 34.3 Å². The van der Waals surface area contributed by atoms with Crippen molar-refractivity contribution in [3.8, 4) is 0 Å². The average molecular weight is 389 g/mol. The van der Waals surface area contributed by atoms with Gasteiger partial charge in [-0.05, 0) is 37.6 Å². The summed E-state index contributed by atoms with van der Waals surface area (Å²) in [6, 6.07) is 5.13. The van der Waals surface area contributed by atoms with E-state index in [0.29, 0.717) is 27.5 Å². The number of thioether (sulfide) groups is 1. The summed E-state index contributed by atoms with van der Waals surface area (Å²) in [5.41, 5.74) is 1.66.